The number of hydrogen-bond acceptors (Lipinski definition) is 3. The van der Waals surface area contributed by atoms with E-state index in [-0.39, 0.29) is 22.3 Å². The molecule has 0 unspecified atom stereocenters. The van der Waals surface area contributed by atoms with E-state index in [4.69, 9.17) is 0 Å². The van der Waals surface area contributed by atoms with E-state index in [1.54, 1.807) is 6.08 Å². The van der Waals surface area contributed by atoms with E-state index in [1.807, 2.05) is 78.7 Å². The molecule has 1 N–H and O–H groups in total. The summed E-state index contributed by atoms with van der Waals surface area (Å²) in [5, 5.41) is 3.03. The highest BCUT2D eigenvalue weighted by molar-refractivity contribution is 8.00. The predicted molar refractivity (Wildman–Crippen MR) is 111 cm³/mol. The lowest BCUT2D eigenvalue weighted by molar-refractivity contribution is -0.129. The summed E-state index contributed by atoms with van der Waals surface area (Å²) in [7, 11) is 0. The zero-order valence-electron chi connectivity index (χ0n) is 16.4. The monoisotopic (exact) mass is 387 g/mol. The topological polar surface area (TPSA) is 52.7 Å². The largest absolute Gasteiger partial charge is 0.333 e. The van der Waals surface area contributed by atoms with Crippen LogP contribution in [-0.4, -0.2) is 57.5 Å². The van der Waals surface area contributed by atoms with Gasteiger partial charge in [0.05, 0.1) is 4.87 Å². The van der Waals surface area contributed by atoms with Crippen molar-refractivity contribution in [2.24, 2.45) is 0 Å². The van der Waals surface area contributed by atoms with E-state index in [0.29, 0.717) is 13.1 Å². The van der Waals surface area contributed by atoms with Crippen LogP contribution in [-0.2, 0) is 4.79 Å². The second-order valence-corrected chi connectivity index (χ2v) is 9.65. The van der Waals surface area contributed by atoms with E-state index in [0.717, 1.165) is 30.7 Å². The van der Waals surface area contributed by atoms with Gasteiger partial charge in [0, 0.05) is 37.0 Å². The van der Waals surface area contributed by atoms with E-state index in [9.17, 15) is 9.59 Å². The average Bonchev–Trinajstić information content (AvgIpc) is 3.03. The second-order valence-electron chi connectivity index (χ2n) is 8.20. The molecule has 3 rings (SSSR count). The summed E-state index contributed by atoms with van der Waals surface area (Å²) in [6.07, 6.45) is 5.20. The summed E-state index contributed by atoms with van der Waals surface area (Å²) in [4.78, 5) is 28.9. The number of thioether (sulfide) groups is 1. The molecule has 27 heavy (non-hydrogen) atoms. The molecule has 1 spiro atoms. The number of likely N-dealkylation sites (tertiary alicyclic amines) is 1. The van der Waals surface area contributed by atoms with Crippen molar-refractivity contribution in [3.05, 3.63) is 42.0 Å². The first-order valence-corrected chi connectivity index (χ1v) is 10.5. The minimum Gasteiger partial charge on any atom is -0.333 e. The van der Waals surface area contributed by atoms with Crippen molar-refractivity contribution in [2.75, 3.05) is 25.4 Å². The number of nitrogens with zero attached hydrogens (tertiary/aromatic N) is 2. The molecular formula is C21H29N3O2S. The standard InChI is InChI=1S/C21H29N3O2S/c1-20(2,3)22-19(26)23-13-11-21(12-14-23)24(15-16-27-21)18(25)10-9-17-7-5-4-6-8-17/h4-10H,11-16H2,1-3H3,(H,22,26)/b10-9+. The van der Waals surface area contributed by atoms with Gasteiger partial charge in [0.25, 0.3) is 0 Å². The molecule has 1 aromatic rings. The number of rotatable bonds is 2. The maximum atomic E-state index is 12.8. The van der Waals surface area contributed by atoms with Crippen molar-refractivity contribution in [1.82, 2.24) is 15.1 Å². The van der Waals surface area contributed by atoms with Crippen LogP contribution in [0.15, 0.2) is 36.4 Å². The summed E-state index contributed by atoms with van der Waals surface area (Å²) >= 11 is 1.86. The summed E-state index contributed by atoms with van der Waals surface area (Å²) in [6, 6.07) is 9.87. The highest BCUT2D eigenvalue weighted by atomic mass is 32.2. The molecule has 1 aromatic carbocycles. The van der Waals surface area contributed by atoms with Gasteiger partial charge in [-0.25, -0.2) is 4.79 Å². The van der Waals surface area contributed by atoms with E-state index >= 15 is 0 Å². The van der Waals surface area contributed by atoms with Gasteiger partial charge in [0.1, 0.15) is 0 Å². The lowest BCUT2D eigenvalue weighted by atomic mass is 10.0. The number of urea groups is 1. The maximum absolute atomic E-state index is 12.8. The fourth-order valence-electron chi connectivity index (χ4n) is 3.61. The lowest BCUT2D eigenvalue weighted by Gasteiger charge is -2.44. The Bertz CT molecular complexity index is 704. The molecule has 0 radical (unpaired) electrons. The third-order valence-electron chi connectivity index (χ3n) is 4.98. The van der Waals surface area contributed by atoms with Crippen LogP contribution in [0.1, 0.15) is 39.2 Å². The van der Waals surface area contributed by atoms with Crippen molar-refractivity contribution in [2.45, 2.75) is 44.0 Å². The van der Waals surface area contributed by atoms with Gasteiger partial charge in [-0.05, 0) is 45.3 Å². The molecule has 2 aliphatic rings. The lowest BCUT2D eigenvalue weighted by Crippen LogP contribution is -2.56. The Morgan fingerprint density at radius 2 is 1.78 bits per heavy atom. The molecule has 2 heterocycles. The van der Waals surface area contributed by atoms with Crippen LogP contribution in [0.4, 0.5) is 4.79 Å². The molecule has 2 saturated heterocycles. The van der Waals surface area contributed by atoms with Crippen molar-refractivity contribution in [3.8, 4) is 0 Å². The molecule has 2 aliphatic heterocycles. The fourth-order valence-corrected chi connectivity index (χ4v) is 5.08. The van der Waals surface area contributed by atoms with Gasteiger partial charge in [-0.1, -0.05) is 30.3 Å². The zero-order valence-corrected chi connectivity index (χ0v) is 17.2. The first-order valence-electron chi connectivity index (χ1n) is 9.55. The Hall–Kier alpha value is -1.95. The normalized spacial score (nSPS) is 19.7. The average molecular weight is 388 g/mol. The van der Waals surface area contributed by atoms with Crippen LogP contribution in [0.3, 0.4) is 0 Å². The Morgan fingerprint density at radius 1 is 1.11 bits per heavy atom. The maximum Gasteiger partial charge on any atom is 0.317 e. The van der Waals surface area contributed by atoms with Gasteiger partial charge in [-0.15, -0.1) is 11.8 Å². The smallest absolute Gasteiger partial charge is 0.317 e. The van der Waals surface area contributed by atoms with Gasteiger partial charge in [0.2, 0.25) is 5.91 Å². The van der Waals surface area contributed by atoms with E-state index in [2.05, 4.69) is 5.32 Å². The first kappa shape index (κ1) is 19.8. The van der Waals surface area contributed by atoms with Crippen LogP contribution in [0.2, 0.25) is 0 Å². The summed E-state index contributed by atoms with van der Waals surface area (Å²) in [6.45, 7) is 8.10. The molecule has 0 bridgehead atoms. The molecule has 6 heteroatoms. The van der Waals surface area contributed by atoms with Gasteiger partial charge in [-0.3, -0.25) is 4.79 Å². The zero-order chi connectivity index (χ0) is 19.5. The molecule has 0 aromatic heterocycles. The summed E-state index contributed by atoms with van der Waals surface area (Å²) < 4.78 is 0. The highest BCUT2D eigenvalue weighted by Gasteiger charge is 2.46. The number of carbonyl (C=O) groups excluding carboxylic acids is 2. The second kappa shape index (κ2) is 7.97. The number of hydrogen-bond donors (Lipinski definition) is 1. The Morgan fingerprint density at radius 3 is 2.41 bits per heavy atom. The Balaban J connectivity index is 1.62. The van der Waals surface area contributed by atoms with E-state index in [1.165, 1.54) is 0 Å². The quantitative estimate of drug-likeness (QED) is 0.789. The number of benzene rings is 1. The number of piperidine rings is 1. The molecular weight excluding hydrogens is 358 g/mol. The number of nitrogens with one attached hydrogen (secondary N) is 1. The Labute approximate surface area is 166 Å². The van der Waals surface area contributed by atoms with Crippen LogP contribution in [0, 0.1) is 0 Å². The number of carbonyl (C=O) groups is 2. The summed E-state index contributed by atoms with van der Waals surface area (Å²) in [5.41, 5.74) is 0.791. The van der Waals surface area contributed by atoms with Gasteiger partial charge in [-0.2, -0.15) is 0 Å². The third kappa shape index (κ3) is 4.86. The van der Waals surface area contributed by atoms with Crippen LogP contribution in [0.25, 0.3) is 6.08 Å². The molecule has 146 valence electrons. The summed E-state index contributed by atoms with van der Waals surface area (Å²) in [5.74, 6) is 1.02. The van der Waals surface area contributed by atoms with Crippen molar-refractivity contribution < 1.29 is 9.59 Å². The van der Waals surface area contributed by atoms with Crippen LogP contribution >= 0.6 is 11.8 Å². The van der Waals surface area contributed by atoms with E-state index < -0.39 is 0 Å². The first-order chi connectivity index (χ1) is 12.8. The van der Waals surface area contributed by atoms with Crippen molar-refractivity contribution in [1.29, 1.82) is 0 Å². The number of amides is 3. The third-order valence-corrected chi connectivity index (χ3v) is 6.53. The van der Waals surface area contributed by atoms with Crippen molar-refractivity contribution in [3.63, 3.8) is 0 Å². The molecule has 0 saturated carbocycles. The minimum atomic E-state index is -0.238. The van der Waals surface area contributed by atoms with Crippen molar-refractivity contribution >= 4 is 29.8 Å². The van der Waals surface area contributed by atoms with Crippen LogP contribution < -0.4 is 5.32 Å². The molecule has 0 atom stereocenters. The SMILES string of the molecule is CC(C)(C)NC(=O)N1CCC2(CC1)SCCN2C(=O)/C=C/c1ccccc1. The molecule has 2 fully saturated rings. The molecule has 5 nitrogen and oxygen atoms in total. The van der Waals surface area contributed by atoms with Crippen LogP contribution in [0.5, 0.6) is 0 Å². The highest BCUT2D eigenvalue weighted by Crippen LogP contribution is 2.44. The predicted octanol–water partition coefficient (Wildman–Crippen LogP) is 3.58. The Kier molecular flexibility index (Phi) is 5.84. The molecule has 0 aliphatic carbocycles. The molecule has 3 amide bonds. The van der Waals surface area contributed by atoms with Gasteiger partial charge >= 0.3 is 6.03 Å². The fraction of sp³-hybridized carbons (Fsp3) is 0.524. The minimum absolute atomic E-state index is 0.0119. The van der Waals surface area contributed by atoms with Gasteiger partial charge < -0.3 is 15.1 Å². The van der Waals surface area contributed by atoms with Gasteiger partial charge in [0.15, 0.2) is 0 Å².